The van der Waals surface area contributed by atoms with E-state index in [0.717, 1.165) is 12.8 Å². The molecule has 1 unspecified atom stereocenters. The van der Waals surface area contributed by atoms with Crippen LogP contribution in [0.3, 0.4) is 0 Å². The van der Waals surface area contributed by atoms with E-state index in [1.807, 2.05) is 52.0 Å². The van der Waals surface area contributed by atoms with Crippen molar-refractivity contribution in [1.29, 1.82) is 0 Å². The van der Waals surface area contributed by atoms with Gasteiger partial charge in [0.2, 0.25) is 5.91 Å². The lowest BCUT2D eigenvalue weighted by Gasteiger charge is -2.39. The summed E-state index contributed by atoms with van der Waals surface area (Å²) >= 11 is 0. The van der Waals surface area contributed by atoms with Crippen molar-refractivity contribution < 1.29 is 19.1 Å². The molecular weight excluding hydrogens is 370 g/mol. The normalized spacial score (nSPS) is 24.0. The molecule has 0 aliphatic carbocycles. The van der Waals surface area contributed by atoms with Crippen molar-refractivity contribution in [3.63, 3.8) is 0 Å². The molecule has 1 aromatic rings. The highest BCUT2D eigenvalue weighted by Gasteiger charge is 2.39. The second kappa shape index (κ2) is 8.43. The van der Waals surface area contributed by atoms with Crippen LogP contribution in [0.2, 0.25) is 0 Å². The summed E-state index contributed by atoms with van der Waals surface area (Å²) in [6, 6.07) is 9.58. The monoisotopic (exact) mass is 399 g/mol. The quantitative estimate of drug-likeness (QED) is 0.782. The largest absolute Gasteiger partial charge is 0.447 e. The summed E-state index contributed by atoms with van der Waals surface area (Å²) in [6.45, 7) is 5.08. The lowest BCUT2D eigenvalue weighted by Crippen LogP contribution is -2.51. The highest BCUT2D eigenvalue weighted by atomic mass is 16.6. The van der Waals surface area contributed by atoms with E-state index in [0.29, 0.717) is 51.2 Å². The number of piperidine rings is 2. The average molecular weight is 399 g/mol. The number of nitrogens with zero attached hydrogens (tertiary/aromatic N) is 3. The molecule has 1 aromatic carbocycles. The van der Waals surface area contributed by atoms with E-state index < -0.39 is 0 Å². The molecule has 0 saturated carbocycles. The number of rotatable bonds is 3. The van der Waals surface area contributed by atoms with Gasteiger partial charge in [-0.25, -0.2) is 4.79 Å². The Kier molecular flexibility index (Phi) is 5.74. The number of likely N-dealkylation sites (tertiary alicyclic amines) is 2. The highest BCUT2D eigenvalue weighted by molar-refractivity contribution is 5.94. The van der Waals surface area contributed by atoms with E-state index in [1.165, 1.54) is 0 Å². The molecule has 3 heterocycles. The number of benzene rings is 1. The zero-order valence-corrected chi connectivity index (χ0v) is 17.0. The van der Waals surface area contributed by atoms with Gasteiger partial charge < -0.3 is 14.5 Å². The molecule has 4 rings (SSSR count). The van der Waals surface area contributed by atoms with E-state index in [1.54, 1.807) is 0 Å². The van der Waals surface area contributed by atoms with Crippen molar-refractivity contribution in [3.05, 3.63) is 35.9 Å². The molecule has 3 fully saturated rings. The van der Waals surface area contributed by atoms with Crippen LogP contribution in [0.25, 0.3) is 0 Å². The van der Waals surface area contributed by atoms with Crippen molar-refractivity contribution in [1.82, 2.24) is 14.7 Å². The molecule has 0 bridgehead atoms. The summed E-state index contributed by atoms with van der Waals surface area (Å²) in [5.74, 6) is 0.235. The Morgan fingerprint density at radius 2 is 1.55 bits per heavy atom. The number of carbonyl (C=O) groups is 3. The van der Waals surface area contributed by atoms with Crippen LogP contribution in [0.1, 0.15) is 43.0 Å². The maximum absolute atomic E-state index is 13.0. The van der Waals surface area contributed by atoms with E-state index in [-0.39, 0.29) is 35.9 Å². The van der Waals surface area contributed by atoms with Gasteiger partial charge >= 0.3 is 6.09 Å². The van der Waals surface area contributed by atoms with Gasteiger partial charge in [-0.05, 0) is 44.7 Å². The van der Waals surface area contributed by atoms with Crippen molar-refractivity contribution in [2.45, 2.75) is 44.7 Å². The Labute approximate surface area is 171 Å². The zero-order valence-electron chi connectivity index (χ0n) is 17.0. The molecule has 156 valence electrons. The Morgan fingerprint density at radius 3 is 2.14 bits per heavy atom. The van der Waals surface area contributed by atoms with Gasteiger partial charge in [0.25, 0.3) is 5.91 Å². The minimum atomic E-state index is -0.224. The van der Waals surface area contributed by atoms with Crippen LogP contribution in [-0.2, 0) is 9.53 Å². The first-order valence-electron chi connectivity index (χ1n) is 10.6. The predicted molar refractivity (Wildman–Crippen MR) is 107 cm³/mol. The molecule has 0 spiro atoms. The lowest BCUT2D eigenvalue weighted by molar-refractivity contribution is -0.138. The number of hydrogen-bond acceptors (Lipinski definition) is 4. The third-order valence-corrected chi connectivity index (χ3v) is 6.46. The van der Waals surface area contributed by atoms with Crippen molar-refractivity contribution >= 4 is 17.9 Å². The van der Waals surface area contributed by atoms with Crippen LogP contribution in [0, 0.1) is 5.92 Å². The van der Waals surface area contributed by atoms with Gasteiger partial charge in [0, 0.05) is 43.7 Å². The molecule has 29 heavy (non-hydrogen) atoms. The minimum Gasteiger partial charge on any atom is -0.447 e. The minimum absolute atomic E-state index is 0.0120. The molecule has 1 atom stereocenters. The second-order valence-electron chi connectivity index (χ2n) is 8.32. The second-order valence-corrected chi connectivity index (χ2v) is 8.32. The first-order chi connectivity index (χ1) is 14.0. The molecule has 7 heteroatoms. The fourth-order valence-corrected chi connectivity index (χ4v) is 4.75. The molecule has 7 nitrogen and oxygen atoms in total. The molecule has 3 saturated heterocycles. The maximum atomic E-state index is 13.0. The highest BCUT2D eigenvalue weighted by Crippen LogP contribution is 2.27. The standard InChI is InChI=1S/C22H29N3O4/c1-16-15-29-22(28)25(16)19-9-13-24(14-10-19)21(27)18-7-11-23(12-8-18)20(26)17-5-3-2-4-6-17/h2-6,16,18-19H,7-15H2,1H3. The average Bonchev–Trinajstić information content (AvgIpc) is 3.11. The fourth-order valence-electron chi connectivity index (χ4n) is 4.75. The van der Waals surface area contributed by atoms with Crippen LogP contribution in [0.5, 0.6) is 0 Å². The third kappa shape index (κ3) is 4.09. The van der Waals surface area contributed by atoms with Crippen LogP contribution in [-0.4, -0.2) is 77.5 Å². The fraction of sp³-hybridized carbons (Fsp3) is 0.591. The van der Waals surface area contributed by atoms with Crippen LogP contribution in [0.4, 0.5) is 4.79 Å². The number of cyclic esters (lactones) is 1. The summed E-state index contributed by atoms with van der Waals surface area (Å²) < 4.78 is 5.14. The first-order valence-corrected chi connectivity index (χ1v) is 10.6. The SMILES string of the molecule is CC1COC(=O)N1C1CCN(C(=O)C2CCN(C(=O)c3ccccc3)CC2)CC1. The van der Waals surface area contributed by atoms with Crippen molar-refractivity contribution in [2.24, 2.45) is 5.92 Å². The number of ether oxygens (including phenoxy) is 1. The Balaban J connectivity index is 1.26. The number of carbonyl (C=O) groups excluding carboxylic acids is 3. The Morgan fingerprint density at radius 1 is 0.931 bits per heavy atom. The van der Waals surface area contributed by atoms with E-state index in [9.17, 15) is 14.4 Å². The Hall–Kier alpha value is -2.57. The molecule has 0 N–H and O–H groups in total. The van der Waals surface area contributed by atoms with Gasteiger partial charge in [-0.1, -0.05) is 18.2 Å². The first kappa shape index (κ1) is 19.7. The predicted octanol–water partition coefficient (Wildman–Crippen LogP) is 2.37. The zero-order chi connectivity index (χ0) is 20.4. The maximum Gasteiger partial charge on any atom is 0.410 e. The smallest absolute Gasteiger partial charge is 0.410 e. The third-order valence-electron chi connectivity index (χ3n) is 6.46. The van der Waals surface area contributed by atoms with E-state index in [4.69, 9.17) is 4.74 Å². The van der Waals surface area contributed by atoms with Crippen LogP contribution < -0.4 is 0 Å². The molecule has 3 aliphatic heterocycles. The summed E-state index contributed by atoms with van der Waals surface area (Å²) in [4.78, 5) is 43.1. The Bertz CT molecular complexity index is 753. The van der Waals surface area contributed by atoms with Gasteiger partial charge in [-0.15, -0.1) is 0 Å². The number of hydrogen-bond donors (Lipinski definition) is 0. The molecule has 0 radical (unpaired) electrons. The van der Waals surface area contributed by atoms with Gasteiger partial charge in [0.05, 0.1) is 6.04 Å². The van der Waals surface area contributed by atoms with Crippen molar-refractivity contribution in [2.75, 3.05) is 32.8 Å². The molecule has 3 aliphatic rings. The summed E-state index contributed by atoms with van der Waals surface area (Å²) in [6.07, 6.45) is 2.81. The summed E-state index contributed by atoms with van der Waals surface area (Å²) in [7, 11) is 0. The topological polar surface area (TPSA) is 70.2 Å². The molecule has 0 aromatic heterocycles. The van der Waals surface area contributed by atoms with Crippen molar-refractivity contribution in [3.8, 4) is 0 Å². The van der Waals surface area contributed by atoms with Gasteiger partial charge in [0.15, 0.2) is 0 Å². The molecular formula is C22H29N3O4. The van der Waals surface area contributed by atoms with Crippen LogP contribution in [0.15, 0.2) is 30.3 Å². The van der Waals surface area contributed by atoms with Gasteiger partial charge in [-0.2, -0.15) is 0 Å². The number of amides is 3. The molecule has 3 amide bonds. The van der Waals surface area contributed by atoms with E-state index in [2.05, 4.69) is 0 Å². The summed E-state index contributed by atoms with van der Waals surface area (Å²) in [5.41, 5.74) is 0.703. The van der Waals surface area contributed by atoms with Crippen LogP contribution >= 0.6 is 0 Å². The van der Waals surface area contributed by atoms with E-state index >= 15 is 0 Å². The summed E-state index contributed by atoms with van der Waals surface area (Å²) in [5, 5.41) is 0. The van der Waals surface area contributed by atoms with Gasteiger partial charge in [-0.3, -0.25) is 14.5 Å². The lowest BCUT2D eigenvalue weighted by atomic mass is 9.93. The van der Waals surface area contributed by atoms with Gasteiger partial charge in [0.1, 0.15) is 6.61 Å².